The van der Waals surface area contributed by atoms with Gasteiger partial charge in [-0.3, -0.25) is 0 Å². The summed E-state index contributed by atoms with van der Waals surface area (Å²) >= 11 is 0. The van der Waals surface area contributed by atoms with E-state index in [0.29, 0.717) is 11.3 Å². The topological polar surface area (TPSA) is 110 Å². The van der Waals surface area contributed by atoms with Crippen LogP contribution in [0.1, 0.15) is 12.0 Å². The number of ether oxygens (including phenoxy) is 2. The van der Waals surface area contributed by atoms with Crippen LogP contribution in [-0.2, 0) is 26.0 Å². The van der Waals surface area contributed by atoms with Gasteiger partial charge in [-0.15, -0.1) is 0 Å². The Morgan fingerprint density at radius 3 is 2.61 bits per heavy atom. The lowest BCUT2D eigenvalue weighted by molar-refractivity contribution is -0.171. The number of sulfone groups is 1. The number of benzene rings is 2. The molecule has 28 heavy (non-hydrogen) atoms. The fraction of sp³-hybridized carbons (Fsp3) is 0.316. The van der Waals surface area contributed by atoms with Gasteiger partial charge in [-0.25, -0.2) is 17.6 Å². The number of carboxylic acid groups (broad SMARTS) is 1. The molecule has 3 rings (SSSR count). The van der Waals surface area contributed by atoms with Crippen molar-refractivity contribution >= 4 is 15.8 Å². The second-order valence-corrected chi connectivity index (χ2v) is 8.62. The van der Waals surface area contributed by atoms with E-state index in [1.165, 1.54) is 36.4 Å². The van der Waals surface area contributed by atoms with Gasteiger partial charge in [0.2, 0.25) is 5.60 Å². The smallest absolute Gasteiger partial charge is 0.339 e. The molecule has 7 nitrogen and oxygen atoms in total. The molecule has 1 fully saturated rings. The maximum atomic E-state index is 13.2. The van der Waals surface area contributed by atoms with Gasteiger partial charge in [-0.2, -0.15) is 0 Å². The number of carbonyl (C=O) groups is 1. The second kappa shape index (κ2) is 7.86. The Kier molecular flexibility index (Phi) is 5.69. The fourth-order valence-electron chi connectivity index (χ4n) is 3.04. The molecule has 0 aromatic heterocycles. The van der Waals surface area contributed by atoms with Crippen molar-refractivity contribution in [1.29, 1.82) is 0 Å². The van der Waals surface area contributed by atoms with Gasteiger partial charge in [-0.1, -0.05) is 12.1 Å². The average Bonchev–Trinajstić information content (AvgIpc) is 2.67. The maximum Gasteiger partial charge on any atom is 0.339 e. The van der Waals surface area contributed by atoms with Crippen LogP contribution in [0.3, 0.4) is 0 Å². The van der Waals surface area contributed by atoms with Crippen LogP contribution in [0.5, 0.6) is 5.75 Å². The summed E-state index contributed by atoms with van der Waals surface area (Å²) in [4.78, 5) is 11.3. The number of carboxylic acids is 1. The molecule has 0 bridgehead atoms. The summed E-state index contributed by atoms with van der Waals surface area (Å²) < 4.78 is 49.4. The van der Waals surface area contributed by atoms with Crippen molar-refractivity contribution in [1.82, 2.24) is 0 Å². The molecule has 0 amide bonds. The first-order valence-corrected chi connectivity index (χ1v) is 10.0. The summed E-state index contributed by atoms with van der Waals surface area (Å²) in [6.07, 6.45) is -0.136. The molecule has 2 aromatic carbocycles. The van der Waals surface area contributed by atoms with Gasteiger partial charge in [0.05, 0.1) is 11.5 Å². The van der Waals surface area contributed by atoms with Crippen LogP contribution in [0, 0.1) is 5.82 Å². The normalized spacial score (nSPS) is 22.6. The number of halogens is 1. The van der Waals surface area contributed by atoms with Crippen molar-refractivity contribution in [3.05, 3.63) is 59.9 Å². The van der Waals surface area contributed by atoms with E-state index in [0.717, 1.165) is 0 Å². The molecule has 2 unspecified atom stereocenters. The minimum Gasteiger partial charge on any atom is -0.489 e. The first kappa shape index (κ1) is 20.2. The second-order valence-electron chi connectivity index (χ2n) is 6.49. The molecule has 150 valence electrons. The van der Waals surface area contributed by atoms with E-state index < -0.39 is 33.3 Å². The minimum atomic E-state index is -4.12. The van der Waals surface area contributed by atoms with Gasteiger partial charge in [-0.05, 0) is 48.4 Å². The Bertz CT molecular complexity index is 959. The largest absolute Gasteiger partial charge is 0.489 e. The average molecular weight is 410 g/mol. The number of hydrogen-bond acceptors (Lipinski definition) is 6. The zero-order valence-electron chi connectivity index (χ0n) is 14.7. The molecule has 1 saturated heterocycles. The van der Waals surface area contributed by atoms with Crippen LogP contribution in [-0.4, -0.2) is 48.7 Å². The molecule has 2 atom stereocenters. The van der Waals surface area contributed by atoms with Crippen LogP contribution < -0.4 is 4.74 Å². The van der Waals surface area contributed by atoms with E-state index >= 15 is 0 Å². The molecule has 2 N–H and O–H groups in total. The van der Waals surface area contributed by atoms with Crippen LogP contribution in [0.25, 0.3) is 0 Å². The molecule has 0 saturated carbocycles. The van der Waals surface area contributed by atoms with Crippen molar-refractivity contribution in [3.63, 3.8) is 0 Å². The zero-order chi connectivity index (χ0) is 20.4. The summed E-state index contributed by atoms with van der Waals surface area (Å²) in [7, 11) is -4.12. The minimum absolute atomic E-state index is 0.0360. The Hall–Kier alpha value is -2.49. The maximum absolute atomic E-state index is 13.2. The third kappa shape index (κ3) is 4.01. The molecule has 0 aliphatic carbocycles. The Balaban J connectivity index is 1.77. The molecule has 1 aliphatic heterocycles. The predicted octanol–water partition coefficient (Wildman–Crippen LogP) is 1.78. The summed E-state index contributed by atoms with van der Waals surface area (Å²) in [5.74, 6) is -1.66. The van der Waals surface area contributed by atoms with Crippen LogP contribution in [0.2, 0.25) is 0 Å². The van der Waals surface area contributed by atoms with Crippen LogP contribution in [0.15, 0.2) is 53.4 Å². The summed E-state index contributed by atoms with van der Waals surface area (Å²) in [5.41, 5.74) is -1.89. The highest BCUT2D eigenvalue weighted by molar-refractivity contribution is 7.92. The van der Waals surface area contributed by atoms with Gasteiger partial charge in [0.25, 0.3) is 0 Å². The third-order valence-corrected chi connectivity index (χ3v) is 6.87. The molecular weight excluding hydrogens is 391 g/mol. The number of aliphatic hydroxyl groups is 1. The number of hydrogen-bond donors (Lipinski definition) is 2. The van der Waals surface area contributed by atoms with Crippen molar-refractivity contribution in [2.75, 3.05) is 13.2 Å². The zero-order valence-corrected chi connectivity index (χ0v) is 15.6. The van der Waals surface area contributed by atoms with Gasteiger partial charge in [0.1, 0.15) is 23.4 Å². The van der Waals surface area contributed by atoms with E-state index in [1.54, 1.807) is 12.1 Å². The first-order valence-electron chi connectivity index (χ1n) is 8.48. The Labute approximate surface area is 161 Å². The quantitative estimate of drug-likeness (QED) is 0.747. The van der Waals surface area contributed by atoms with Gasteiger partial charge >= 0.3 is 5.97 Å². The first-order chi connectivity index (χ1) is 13.2. The van der Waals surface area contributed by atoms with Crippen molar-refractivity contribution in [3.8, 4) is 5.75 Å². The molecule has 2 aromatic rings. The van der Waals surface area contributed by atoms with Crippen LogP contribution >= 0.6 is 0 Å². The number of aliphatic carboxylic acids is 1. The highest BCUT2D eigenvalue weighted by Gasteiger charge is 2.53. The summed E-state index contributed by atoms with van der Waals surface area (Å²) in [6, 6.07) is 11.3. The van der Waals surface area contributed by atoms with Crippen molar-refractivity contribution in [2.24, 2.45) is 0 Å². The number of rotatable bonds is 6. The molecular formula is C19H19FO7S. The lowest BCUT2D eigenvalue weighted by Crippen LogP contribution is -2.59. The monoisotopic (exact) mass is 410 g/mol. The Morgan fingerprint density at radius 2 is 1.96 bits per heavy atom. The predicted molar refractivity (Wildman–Crippen MR) is 96.2 cm³/mol. The summed E-state index contributed by atoms with van der Waals surface area (Å²) in [6.45, 7) is -0.460. The van der Waals surface area contributed by atoms with E-state index in [2.05, 4.69) is 0 Å². The van der Waals surface area contributed by atoms with E-state index in [4.69, 9.17) is 9.47 Å². The molecule has 0 spiro atoms. The van der Waals surface area contributed by atoms with E-state index in [-0.39, 0.29) is 30.3 Å². The third-order valence-electron chi connectivity index (χ3n) is 4.57. The van der Waals surface area contributed by atoms with Gasteiger partial charge in [0.15, 0.2) is 9.84 Å². The molecule has 0 radical (unpaired) electrons. The molecule has 1 heterocycles. The molecule has 9 heteroatoms. The summed E-state index contributed by atoms with van der Waals surface area (Å²) in [5, 5.41) is 18.1. The fourth-order valence-corrected chi connectivity index (χ4v) is 4.98. The standard InChI is InChI=1S/C19H19FO7S/c20-14-3-1-2-13(10-14)11-27-15-4-6-16(7-5-15)28(24,25)17-8-9-26-12-19(17,23)18(21)22/h1-7,10,17,23H,8-9,11-12H2,(H,21,22). The lowest BCUT2D eigenvalue weighted by atomic mass is 9.96. The van der Waals surface area contributed by atoms with E-state index in [1.807, 2.05) is 0 Å². The highest BCUT2D eigenvalue weighted by atomic mass is 32.2. The van der Waals surface area contributed by atoms with Gasteiger partial charge in [0, 0.05) is 6.61 Å². The van der Waals surface area contributed by atoms with Crippen molar-refractivity contribution < 1.29 is 37.3 Å². The van der Waals surface area contributed by atoms with E-state index in [9.17, 15) is 27.8 Å². The Morgan fingerprint density at radius 1 is 1.25 bits per heavy atom. The van der Waals surface area contributed by atoms with Crippen molar-refractivity contribution in [2.45, 2.75) is 28.8 Å². The lowest BCUT2D eigenvalue weighted by Gasteiger charge is -2.35. The highest BCUT2D eigenvalue weighted by Crippen LogP contribution is 2.32. The van der Waals surface area contributed by atoms with Crippen LogP contribution in [0.4, 0.5) is 4.39 Å². The molecule has 1 aliphatic rings. The van der Waals surface area contributed by atoms with Gasteiger partial charge < -0.3 is 19.7 Å². The SMILES string of the molecule is O=C(O)C1(O)COCCC1S(=O)(=O)c1ccc(OCc2cccc(F)c2)cc1.